The number of benzene rings is 2. The zero-order valence-electron chi connectivity index (χ0n) is 13.0. The normalized spacial score (nSPS) is 12.0. The van der Waals surface area contributed by atoms with Gasteiger partial charge in [-0.3, -0.25) is 0 Å². The van der Waals surface area contributed by atoms with Crippen molar-refractivity contribution in [2.75, 3.05) is 13.7 Å². The van der Waals surface area contributed by atoms with Crippen molar-refractivity contribution in [2.45, 2.75) is 26.9 Å². The summed E-state index contributed by atoms with van der Waals surface area (Å²) in [6.07, 6.45) is -0.632. The lowest BCUT2D eigenvalue weighted by molar-refractivity contribution is 0.107. The molecule has 1 atom stereocenters. The Balaban J connectivity index is 2.06. The maximum Gasteiger partial charge on any atom is 0.119 e. The summed E-state index contributed by atoms with van der Waals surface area (Å²) in [5.41, 5.74) is 4.35. The van der Waals surface area contributed by atoms with Gasteiger partial charge in [-0.05, 0) is 61.7 Å². The monoisotopic (exact) mass is 286 g/mol. The van der Waals surface area contributed by atoms with Gasteiger partial charge in [0.1, 0.15) is 24.2 Å². The smallest absolute Gasteiger partial charge is 0.119 e. The summed E-state index contributed by atoms with van der Waals surface area (Å²) >= 11 is 0. The minimum Gasteiger partial charge on any atom is -0.497 e. The van der Waals surface area contributed by atoms with Gasteiger partial charge in [-0.15, -0.1) is 0 Å². The highest BCUT2D eigenvalue weighted by Crippen LogP contribution is 2.25. The molecule has 3 nitrogen and oxygen atoms in total. The fourth-order valence-electron chi connectivity index (χ4n) is 2.65. The molecule has 21 heavy (non-hydrogen) atoms. The van der Waals surface area contributed by atoms with Crippen molar-refractivity contribution < 1.29 is 14.6 Å². The van der Waals surface area contributed by atoms with Crippen LogP contribution in [-0.2, 0) is 0 Å². The number of ether oxygens (including phenoxy) is 2. The summed E-state index contributed by atoms with van der Waals surface area (Å²) in [7, 11) is 1.63. The molecule has 0 saturated heterocycles. The summed E-state index contributed by atoms with van der Waals surface area (Å²) in [6.45, 7) is 6.33. The number of aliphatic hydroxyl groups is 1. The maximum atomic E-state index is 10.4. The van der Waals surface area contributed by atoms with Crippen LogP contribution in [0.5, 0.6) is 11.5 Å². The lowest BCUT2D eigenvalue weighted by atomic mass is 9.96. The van der Waals surface area contributed by atoms with Gasteiger partial charge in [-0.1, -0.05) is 17.7 Å². The van der Waals surface area contributed by atoms with Crippen LogP contribution < -0.4 is 9.47 Å². The molecule has 0 radical (unpaired) electrons. The lowest BCUT2D eigenvalue weighted by Crippen LogP contribution is -2.12. The first-order chi connectivity index (χ1) is 10.0. The molecule has 1 unspecified atom stereocenters. The van der Waals surface area contributed by atoms with E-state index < -0.39 is 6.10 Å². The molecule has 0 aromatic heterocycles. The van der Waals surface area contributed by atoms with E-state index in [0.717, 1.165) is 28.2 Å². The Morgan fingerprint density at radius 1 is 0.952 bits per heavy atom. The van der Waals surface area contributed by atoms with Gasteiger partial charge in [0.25, 0.3) is 0 Å². The Kier molecular flexibility index (Phi) is 4.86. The van der Waals surface area contributed by atoms with Crippen molar-refractivity contribution in [3.8, 4) is 11.5 Å². The highest BCUT2D eigenvalue weighted by Gasteiger charge is 2.14. The predicted octanol–water partition coefficient (Wildman–Crippen LogP) is 3.73. The van der Waals surface area contributed by atoms with E-state index in [-0.39, 0.29) is 6.61 Å². The number of aliphatic hydroxyl groups excluding tert-OH is 1. The molecule has 0 fully saturated rings. The Morgan fingerprint density at radius 3 is 2.00 bits per heavy atom. The molecule has 0 aliphatic heterocycles. The van der Waals surface area contributed by atoms with Gasteiger partial charge in [0, 0.05) is 0 Å². The number of rotatable bonds is 5. The van der Waals surface area contributed by atoms with E-state index in [0.29, 0.717) is 0 Å². The largest absolute Gasteiger partial charge is 0.497 e. The van der Waals surface area contributed by atoms with Crippen molar-refractivity contribution in [1.82, 2.24) is 0 Å². The third-order valence-electron chi connectivity index (χ3n) is 3.54. The maximum absolute atomic E-state index is 10.4. The molecule has 112 valence electrons. The van der Waals surface area contributed by atoms with Crippen LogP contribution in [0.4, 0.5) is 0 Å². The van der Waals surface area contributed by atoms with Crippen LogP contribution in [0.2, 0.25) is 0 Å². The minimum atomic E-state index is -0.632. The van der Waals surface area contributed by atoms with Gasteiger partial charge in [-0.2, -0.15) is 0 Å². The summed E-state index contributed by atoms with van der Waals surface area (Å²) in [5.74, 6) is 1.50. The van der Waals surface area contributed by atoms with Crippen LogP contribution in [0.25, 0.3) is 0 Å². The predicted molar refractivity (Wildman–Crippen MR) is 84.1 cm³/mol. The second-order valence-corrected chi connectivity index (χ2v) is 5.31. The van der Waals surface area contributed by atoms with Crippen LogP contribution in [0, 0.1) is 20.8 Å². The van der Waals surface area contributed by atoms with E-state index in [9.17, 15) is 5.11 Å². The van der Waals surface area contributed by atoms with Gasteiger partial charge in [-0.25, -0.2) is 0 Å². The SMILES string of the molecule is COc1ccc(OCC(O)c2c(C)cc(C)cc2C)cc1. The Morgan fingerprint density at radius 2 is 1.48 bits per heavy atom. The van der Waals surface area contributed by atoms with Crippen LogP contribution in [-0.4, -0.2) is 18.8 Å². The molecular weight excluding hydrogens is 264 g/mol. The highest BCUT2D eigenvalue weighted by molar-refractivity contribution is 5.39. The van der Waals surface area contributed by atoms with Crippen molar-refractivity contribution in [3.63, 3.8) is 0 Å². The fourth-order valence-corrected chi connectivity index (χ4v) is 2.65. The van der Waals surface area contributed by atoms with Gasteiger partial charge >= 0.3 is 0 Å². The van der Waals surface area contributed by atoms with Crippen LogP contribution in [0.1, 0.15) is 28.4 Å². The summed E-state index contributed by atoms with van der Waals surface area (Å²) < 4.78 is 10.8. The second kappa shape index (κ2) is 6.64. The van der Waals surface area contributed by atoms with Gasteiger partial charge < -0.3 is 14.6 Å². The van der Waals surface area contributed by atoms with E-state index in [2.05, 4.69) is 19.1 Å². The van der Waals surface area contributed by atoms with E-state index in [1.165, 1.54) is 5.56 Å². The third-order valence-corrected chi connectivity index (χ3v) is 3.54. The van der Waals surface area contributed by atoms with Crippen molar-refractivity contribution >= 4 is 0 Å². The first kappa shape index (κ1) is 15.4. The second-order valence-electron chi connectivity index (χ2n) is 5.31. The number of hydrogen-bond acceptors (Lipinski definition) is 3. The Hall–Kier alpha value is -2.00. The van der Waals surface area contributed by atoms with E-state index in [1.807, 2.05) is 38.1 Å². The molecular formula is C18H22O3. The van der Waals surface area contributed by atoms with Gasteiger partial charge in [0.05, 0.1) is 7.11 Å². The van der Waals surface area contributed by atoms with Crippen molar-refractivity contribution in [2.24, 2.45) is 0 Å². The highest BCUT2D eigenvalue weighted by atomic mass is 16.5. The molecule has 2 aromatic rings. The Bertz CT molecular complexity index is 579. The topological polar surface area (TPSA) is 38.7 Å². The van der Waals surface area contributed by atoms with Crippen LogP contribution in [0.15, 0.2) is 36.4 Å². The van der Waals surface area contributed by atoms with Gasteiger partial charge in [0.2, 0.25) is 0 Å². The Labute approximate surface area is 126 Å². The quantitative estimate of drug-likeness (QED) is 0.910. The van der Waals surface area contributed by atoms with Crippen LogP contribution in [0.3, 0.4) is 0 Å². The molecule has 0 saturated carbocycles. The van der Waals surface area contributed by atoms with Crippen molar-refractivity contribution in [3.05, 3.63) is 58.7 Å². The van der Waals surface area contributed by atoms with Crippen LogP contribution >= 0.6 is 0 Å². The molecule has 0 amide bonds. The van der Waals surface area contributed by atoms with Crippen molar-refractivity contribution in [1.29, 1.82) is 0 Å². The number of aryl methyl sites for hydroxylation is 3. The van der Waals surface area contributed by atoms with E-state index >= 15 is 0 Å². The van der Waals surface area contributed by atoms with Gasteiger partial charge in [0.15, 0.2) is 0 Å². The average Bonchev–Trinajstić information content (AvgIpc) is 2.44. The number of hydrogen-bond donors (Lipinski definition) is 1. The molecule has 0 aliphatic rings. The lowest BCUT2D eigenvalue weighted by Gasteiger charge is -2.18. The molecule has 0 spiro atoms. The average molecular weight is 286 g/mol. The van der Waals surface area contributed by atoms with E-state index in [1.54, 1.807) is 7.11 Å². The zero-order chi connectivity index (χ0) is 15.4. The fraction of sp³-hybridized carbons (Fsp3) is 0.333. The minimum absolute atomic E-state index is 0.233. The molecule has 3 heteroatoms. The third kappa shape index (κ3) is 3.76. The summed E-state index contributed by atoms with van der Waals surface area (Å²) in [5, 5.41) is 10.4. The molecule has 0 heterocycles. The molecule has 0 aliphatic carbocycles. The standard InChI is InChI=1S/C18H22O3/c1-12-9-13(2)18(14(3)10-12)17(19)11-21-16-7-5-15(20-4)6-8-16/h5-10,17,19H,11H2,1-4H3. The molecule has 2 aromatic carbocycles. The summed E-state index contributed by atoms with van der Waals surface area (Å²) in [6, 6.07) is 11.5. The number of methoxy groups -OCH3 is 1. The molecule has 0 bridgehead atoms. The first-order valence-corrected chi connectivity index (χ1v) is 7.04. The van der Waals surface area contributed by atoms with E-state index in [4.69, 9.17) is 9.47 Å². The summed E-state index contributed by atoms with van der Waals surface area (Å²) in [4.78, 5) is 0. The molecule has 2 rings (SSSR count). The first-order valence-electron chi connectivity index (χ1n) is 7.04. The molecule has 1 N–H and O–H groups in total. The zero-order valence-corrected chi connectivity index (χ0v) is 13.0.